The lowest BCUT2D eigenvalue weighted by molar-refractivity contribution is 0.191. The van der Waals surface area contributed by atoms with Crippen molar-refractivity contribution in [3.8, 4) is 17.2 Å². The summed E-state index contributed by atoms with van der Waals surface area (Å²) in [6.45, 7) is 2.99. The highest BCUT2D eigenvalue weighted by Crippen LogP contribution is 2.44. The first-order valence-corrected chi connectivity index (χ1v) is 6.75. The van der Waals surface area contributed by atoms with Gasteiger partial charge in [-0.25, -0.2) is 0 Å². The molecule has 1 N–H and O–H groups in total. The molecule has 18 heavy (non-hydrogen) atoms. The maximum absolute atomic E-state index is 9.62. The molecule has 0 spiro atoms. The van der Waals surface area contributed by atoms with Gasteiger partial charge in [-0.15, -0.1) is 0 Å². The quantitative estimate of drug-likeness (QED) is 0.931. The van der Waals surface area contributed by atoms with E-state index in [2.05, 4.69) is 15.9 Å². The van der Waals surface area contributed by atoms with Gasteiger partial charge in [0.25, 0.3) is 0 Å². The van der Waals surface area contributed by atoms with Crippen molar-refractivity contribution in [1.29, 1.82) is 0 Å². The van der Waals surface area contributed by atoms with E-state index in [9.17, 15) is 5.11 Å². The highest BCUT2D eigenvalue weighted by atomic mass is 79.9. The fourth-order valence-corrected chi connectivity index (χ4v) is 2.63. The van der Waals surface area contributed by atoms with E-state index < -0.39 is 6.10 Å². The summed E-state index contributed by atoms with van der Waals surface area (Å²) >= 11 is 3.46. The number of fused-ring (bicyclic) bond motifs is 1. The summed E-state index contributed by atoms with van der Waals surface area (Å²) in [7, 11) is 1.61. The van der Waals surface area contributed by atoms with Crippen molar-refractivity contribution in [1.82, 2.24) is 0 Å². The SMILES string of the molecule is COc1c(Br)cc2c(c1CC(C)O)OCCCO2. The maximum Gasteiger partial charge on any atom is 0.168 e. The van der Waals surface area contributed by atoms with Crippen LogP contribution in [0.4, 0.5) is 0 Å². The molecule has 0 saturated heterocycles. The van der Waals surface area contributed by atoms with Crippen molar-refractivity contribution in [3.05, 3.63) is 16.1 Å². The summed E-state index contributed by atoms with van der Waals surface area (Å²) in [6, 6.07) is 1.85. The van der Waals surface area contributed by atoms with Crippen molar-refractivity contribution in [3.63, 3.8) is 0 Å². The number of benzene rings is 1. The second-order valence-electron chi connectivity index (χ2n) is 4.30. The molecule has 4 nitrogen and oxygen atoms in total. The zero-order chi connectivity index (χ0) is 13.1. The molecule has 1 heterocycles. The van der Waals surface area contributed by atoms with Gasteiger partial charge in [-0.05, 0) is 22.9 Å². The molecule has 1 aromatic rings. The van der Waals surface area contributed by atoms with Crippen LogP contribution in [0.25, 0.3) is 0 Å². The molecule has 0 aromatic heterocycles. The van der Waals surface area contributed by atoms with Crippen molar-refractivity contribution >= 4 is 15.9 Å². The fourth-order valence-electron chi connectivity index (χ4n) is 2.02. The van der Waals surface area contributed by atoms with Crippen molar-refractivity contribution in [2.24, 2.45) is 0 Å². The summed E-state index contributed by atoms with van der Waals surface area (Å²) in [5.41, 5.74) is 0.846. The minimum Gasteiger partial charge on any atom is -0.495 e. The highest BCUT2D eigenvalue weighted by molar-refractivity contribution is 9.10. The Kier molecular flexibility index (Phi) is 4.35. The number of halogens is 1. The predicted molar refractivity (Wildman–Crippen MR) is 71.7 cm³/mol. The molecule has 0 bridgehead atoms. The summed E-state index contributed by atoms with van der Waals surface area (Å²) in [6.07, 6.45) is 0.848. The molecule has 0 saturated carbocycles. The fraction of sp³-hybridized carbons (Fsp3) is 0.538. The van der Waals surface area contributed by atoms with Gasteiger partial charge in [0.1, 0.15) is 5.75 Å². The third-order valence-corrected chi connectivity index (χ3v) is 3.33. The first kappa shape index (κ1) is 13.5. The van der Waals surface area contributed by atoms with E-state index in [0.717, 1.165) is 16.5 Å². The van der Waals surface area contributed by atoms with Gasteiger partial charge in [-0.2, -0.15) is 0 Å². The van der Waals surface area contributed by atoms with E-state index >= 15 is 0 Å². The van der Waals surface area contributed by atoms with Crippen molar-refractivity contribution in [2.75, 3.05) is 20.3 Å². The van der Waals surface area contributed by atoms with Crippen LogP contribution in [0, 0.1) is 0 Å². The van der Waals surface area contributed by atoms with E-state index in [4.69, 9.17) is 14.2 Å². The van der Waals surface area contributed by atoms with Crippen LogP contribution < -0.4 is 14.2 Å². The van der Waals surface area contributed by atoms with Crippen LogP contribution in [0.15, 0.2) is 10.5 Å². The smallest absolute Gasteiger partial charge is 0.168 e. The minimum absolute atomic E-state index is 0.467. The molecule has 0 fully saturated rings. The Labute approximate surface area is 115 Å². The number of ether oxygens (including phenoxy) is 3. The van der Waals surface area contributed by atoms with Gasteiger partial charge in [0.05, 0.1) is 30.9 Å². The molecule has 5 heteroatoms. The predicted octanol–water partition coefficient (Wildman–Crippen LogP) is 2.54. The highest BCUT2D eigenvalue weighted by Gasteiger charge is 2.22. The van der Waals surface area contributed by atoms with Gasteiger partial charge < -0.3 is 19.3 Å². The number of hydrogen-bond acceptors (Lipinski definition) is 4. The van der Waals surface area contributed by atoms with Crippen LogP contribution in [0.2, 0.25) is 0 Å². The third-order valence-electron chi connectivity index (χ3n) is 2.74. The summed E-state index contributed by atoms with van der Waals surface area (Å²) in [4.78, 5) is 0. The van der Waals surface area contributed by atoms with Gasteiger partial charge in [-0.1, -0.05) is 0 Å². The van der Waals surface area contributed by atoms with Crippen LogP contribution in [0.1, 0.15) is 18.9 Å². The second kappa shape index (κ2) is 5.80. The Bertz CT molecular complexity index is 431. The van der Waals surface area contributed by atoms with E-state index in [-0.39, 0.29) is 0 Å². The molecular formula is C13H17BrO4. The maximum atomic E-state index is 9.62. The number of methoxy groups -OCH3 is 1. The molecule has 1 aliphatic rings. The number of rotatable bonds is 3. The standard InChI is InChI=1S/C13H17BrO4/c1-8(15)6-9-12(16-2)10(14)7-11-13(9)18-5-3-4-17-11/h7-8,15H,3-6H2,1-2H3. The Morgan fingerprint density at radius 2 is 2.17 bits per heavy atom. The lowest BCUT2D eigenvalue weighted by atomic mass is 10.1. The minimum atomic E-state index is -0.468. The third kappa shape index (κ3) is 2.72. The van der Waals surface area contributed by atoms with Gasteiger partial charge in [0, 0.05) is 24.5 Å². The van der Waals surface area contributed by atoms with Crippen LogP contribution >= 0.6 is 15.9 Å². The summed E-state index contributed by atoms with van der Waals surface area (Å²) in [5.74, 6) is 2.09. The van der Waals surface area contributed by atoms with Crippen LogP contribution in [0.3, 0.4) is 0 Å². The Balaban J connectivity index is 2.53. The van der Waals surface area contributed by atoms with Gasteiger partial charge in [0.15, 0.2) is 11.5 Å². The van der Waals surface area contributed by atoms with Crippen LogP contribution in [-0.2, 0) is 6.42 Å². The monoisotopic (exact) mass is 316 g/mol. The average molecular weight is 317 g/mol. The van der Waals surface area contributed by atoms with Crippen LogP contribution in [-0.4, -0.2) is 31.5 Å². The molecular weight excluding hydrogens is 300 g/mol. The van der Waals surface area contributed by atoms with Gasteiger partial charge in [-0.3, -0.25) is 0 Å². The van der Waals surface area contributed by atoms with Crippen LogP contribution in [0.5, 0.6) is 17.2 Å². The van der Waals surface area contributed by atoms with Crippen molar-refractivity contribution < 1.29 is 19.3 Å². The van der Waals surface area contributed by atoms with Crippen molar-refractivity contribution in [2.45, 2.75) is 25.9 Å². The molecule has 2 rings (SSSR count). The Morgan fingerprint density at radius 1 is 1.44 bits per heavy atom. The Morgan fingerprint density at radius 3 is 2.83 bits per heavy atom. The molecule has 0 amide bonds. The topological polar surface area (TPSA) is 47.9 Å². The average Bonchev–Trinajstić information content (AvgIpc) is 2.53. The van der Waals surface area contributed by atoms with E-state index in [1.165, 1.54) is 0 Å². The molecule has 100 valence electrons. The number of aliphatic hydroxyl groups excluding tert-OH is 1. The zero-order valence-corrected chi connectivity index (χ0v) is 12.1. The van der Waals surface area contributed by atoms with E-state index in [1.807, 2.05) is 6.07 Å². The first-order valence-electron chi connectivity index (χ1n) is 5.96. The Hall–Kier alpha value is -0.940. The van der Waals surface area contributed by atoms with Gasteiger partial charge >= 0.3 is 0 Å². The lowest BCUT2D eigenvalue weighted by Gasteiger charge is -2.18. The number of hydrogen-bond donors (Lipinski definition) is 1. The molecule has 0 aliphatic carbocycles. The van der Waals surface area contributed by atoms with E-state index in [1.54, 1.807) is 14.0 Å². The zero-order valence-electron chi connectivity index (χ0n) is 10.5. The van der Waals surface area contributed by atoms with Gasteiger partial charge in [0.2, 0.25) is 0 Å². The van der Waals surface area contributed by atoms with E-state index in [0.29, 0.717) is 36.9 Å². The lowest BCUT2D eigenvalue weighted by Crippen LogP contribution is -2.09. The first-order chi connectivity index (χ1) is 8.63. The molecule has 1 unspecified atom stereocenters. The molecule has 1 atom stereocenters. The summed E-state index contributed by atoms with van der Waals surface area (Å²) < 4.78 is 17.6. The molecule has 1 aromatic carbocycles. The normalized spacial score (nSPS) is 16.0. The largest absolute Gasteiger partial charge is 0.495 e. The molecule has 0 radical (unpaired) electrons. The second-order valence-corrected chi connectivity index (χ2v) is 5.16. The summed E-state index contributed by atoms with van der Waals surface area (Å²) in [5, 5.41) is 9.62. The number of aliphatic hydroxyl groups is 1. The molecule has 1 aliphatic heterocycles.